The van der Waals surface area contributed by atoms with Crippen molar-refractivity contribution >= 4 is 5.91 Å². The molecule has 21 heavy (non-hydrogen) atoms. The lowest BCUT2D eigenvalue weighted by Gasteiger charge is -2.06. The first-order valence-corrected chi connectivity index (χ1v) is 6.52. The summed E-state index contributed by atoms with van der Waals surface area (Å²) in [6.45, 7) is 0.274. The topological polar surface area (TPSA) is 75.1 Å². The number of amides is 1. The van der Waals surface area contributed by atoms with E-state index in [9.17, 15) is 4.79 Å². The maximum absolute atomic E-state index is 12.1. The summed E-state index contributed by atoms with van der Waals surface area (Å²) in [4.78, 5) is 20.0. The number of carbonyl (C=O) groups is 1. The summed E-state index contributed by atoms with van der Waals surface area (Å²) >= 11 is 0. The van der Waals surface area contributed by atoms with Crippen molar-refractivity contribution in [3.8, 4) is 11.8 Å². The number of aliphatic hydroxyl groups is 1. The van der Waals surface area contributed by atoms with Crippen molar-refractivity contribution in [2.45, 2.75) is 6.42 Å². The Morgan fingerprint density at radius 1 is 1.19 bits per heavy atom. The Balaban J connectivity index is 1.97. The molecule has 0 aliphatic rings. The van der Waals surface area contributed by atoms with Gasteiger partial charge >= 0.3 is 0 Å². The van der Waals surface area contributed by atoms with Crippen molar-refractivity contribution in [2.24, 2.45) is 0 Å². The zero-order valence-corrected chi connectivity index (χ0v) is 11.4. The summed E-state index contributed by atoms with van der Waals surface area (Å²) in [6, 6.07) is 5.44. The van der Waals surface area contributed by atoms with E-state index in [4.69, 9.17) is 5.11 Å². The molecule has 2 rings (SSSR count). The number of aromatic nitrogens is 2. The SMILES string of the molecule is O=C(NCCc1ccncc1)c1ccncc1C#CCO. The first kappa shape index (κ1) is 14.7. The van der Waals surface area contributed by atoms with Crippen molar-refractivity contribution in [1.82, 2.24) is 15.3 Å². The molecule has 2 aromatic heterocycles. The largest absolute Gasteiger partial charge is 0.384 e. The minimum atomic E-state index is -0.252. The highest BCUT2D eigenvalue weighted by atomic mass is 16.2. The number of nitrogens with zero attached hydrogens (tertiary/aromatic N) is 2. The van der Waals surface area contributed by atoms with E-state index in [1.165, 1.54) is 6.20 Å². The Labute approximate surface area is 123 Å². The van der Waals surface area contributed by atoms with Gasteiger partial charge in [-0.15, -0.1) is 0 Å². The lowest BCUT2D eigenvalue weighted by Crippen LogP contribution is -2.26. The molecule has 0 saturated heterocycles. The molecule has 0 spiro atoms. The van der Waals surface area contributed by atoms with E-state index in [-0.39, 0.29) is 12.5 Å². The Morgan fingerprint density at radius 3 is 2.71 bits per heavy atom. The maximum atomic E-state index is 12.1. The second kappa shape index (κ2) is 7.78. The summed E-state index contributed by atoms with van der Waals surface area (Å²) in [5.41, 5.74) is 2.08. The molecular formula is C16H15N3O2. The lowest BCUT2D eigenvalue weighted by molar-refractivity contribution is 0.0954. The van der Waals surface area contributed by atoms with E-state index < -0.39 is 0 Å². The highest BCUT2D eigenvalue weighted by Gasteiger charge is 2.09. The van der Waals surface area contributed by atoms with Crippen molar-refractivity contribution in [3.05, 3.63) is 59.7 Å². The van der Waals surface area contributed by atoms with Crippen molar-refractivity contribution < 1.29 is 9.90 Å². The van der Waals surface area contributed by atoms with E-state index in [1.54, 1.807) is 24.7 Å². The normalized spacial score (nSPS) is 9.57. The van der Waals surface area contributed by atoms with Crippen molar-refractivity contribution in [2.75, 3.05) is 13.2 Å². The number of pyridine rings is 2. The van der Waals surface area contributed by atoms with Crippen molar-refractivity contribution in [3.63, 3.8) is 0 Å². The fraction of sp³-hybridized carbons (Fsp3) is 0.188. The second-order valence-corrected chi connectivity index (χ2v) is 4.24. The molecule has 0 saturated carbocycles. The number of carbonyl (C=O) groups excluding carboxylic acids is 1. The van der Waals surface area contributed by atoms with Gasteiger partial charge in [0.05, 0.1) is 11.1 Å². The number of rotatable bonds is 4. The fourth-order valence-corrected chi connectivity index (χ4v) is 1.79. The minimum Gasteiger partial charge on any atom is -0.384 e. The van der Waals surface area contributed by atoms with Gasteiger partial charge in [0.25, 0.3) is 5.91 Å². The summed E-state index contributed by atoms with van der Waals surface area (Å²) in [7, 11) is 0. The second-order valence-electron chi connectivity index (χ2n) is 4.24. The molecule has 0 unspecified atom stereocenters. The van der Waals surface area contributed by atoms with Gasteiger partial charge in [-0.25, -0.2) is 0 Å². The fourth-order valence-electron chi connectivity index (χ4n) is 1.79. The molecule has 0 bridgehead atoms. The van der Waals surface area contributed by atoms with Crippen LogP contribution in [0.2, 0.25) is 0 Å². The van der Waals surface area contributed by atoms with Crippen molar-refractivity contribution in [1.29, 1.82) is 0 Å². The predicted molar refractivity (Wildman–Crippen MR) is 78.5 cm³/mol. The number of nitrogens with one attached hydrogen (secondary N) is 1. The molecule has 0 aliphatic carbocycles. The van der Waals surface area contributed by atoms with Crippen LogP contribution in [-0.2, 0) is 6.42 Å². The molecule has 2 aromatic rings. The minimum absolute atomic E-state index is 0.200. The van der Waals surface area contributed by atoms with Gasteiger partial charge in [0.1, 0.15) is 6.61 Å². The van der Waals surface area contributed by atoms with Gasteiger partial charge in [-0.2, -0.15) is 0 Å². The smallest absolute Gasteiger partial charge is 0.252 e. The van der Waals surface area contributed by atoms with Crippen LogP contribution in [0.15, 0.2) is 43.0 Å². The van der Waals surface area contributed by atoms with E-state index in [0.29, 0.717) is 17.7 Å². The van der Waals surface area contributed by atoms with Crippen LogP contribution in [0.1, 0.15) is 21.5 Å². The number of hydrogen-bond donors (Lipinski definition) is 2. The Morgan fingerprint density at radius 2 is 1.95 bits per heavy atom. The zero-order valence-electron chi connectivity index (χ0n) is 11.4. The third-order valence-electron chi connectivity index (χ3n) is 2.82. The first-order valence-electron chi connectivity index (χ1n) is 6.52. The van der Waals surface area contributed by atoms with Gasteiger partial charge in [0.2, 0.25) is 0 Å². The maximum Gasteiger partial charge on any atom is 0.252 e. The van der Waals surface area contributed by atoms with Gasteiger partial charge in [0, 0.05) is 31.3 Å². The standard InChI is InChI=1S/C16H15N3O2/c20-11-1-2-14-12-18-9-6-15(14)16(21)19-10-5-13-3-7-17-8-4-13/h3-4,6-9,12,20H,5,10-11H2,(H,19,21). The summed E-state index contributed by atoms with van der Waals surface area (Å²) < 4.78 is 0. The van der Waals surface area contributed by atoms with Crippen LogP contribution in [0, 0.1) is 11.8 Å². The van der Waals surface area contributed by atoms with Gasteiger partial charge in [-0.3, -0.25) is 14.8 Å². The average molecular weight is 281 g/mol. The van der Waals surface area contributed by atoms with E-state index >= 15 is 0 Å². The quantitative estimate of drug-likeness (QED) is 0.813. The summed E-state index contributed by atoms with van der Waals surface area (Å²) in [6.07, 6.45) is 7.24. The van der Waals surface area contributed by atoms with Gasteiger partial charge < -0.3 is 10.4 Å². The molecule has 0 fully saturated rings. The van der Waals surface area contributed by atoms with E-state index in [0.717, 1.165) is 12.0 Å². The van der Waals surface area contributed by atoms with Crippen LogP contribution < -0.4 is 5.32 Å². The Hall–Kier alpha value is -2.71. The van der Waals surface area contributed by atoms with Crippen LogP contribution in [0.3, 0.4) is 0 Å². The summed E-state index contributed by atoms with van der Waals surface area (Å²) in [5.74, 6) is 5.04. The number of hydrogen-bond acceptors (Lipinski definition) is 4. The van der Waals surface area contributed by atoms with E-state index in [2.05, 4.69) is 27.1 Å². The Kier molecular flexibility index (Phi) is 5.44. The molecule has 5 heteroatoms. The van der Waals surface area contributed by atoms with Crippen LogP contribution in [-0.4, -0.2) is 34.1 Å². The highest BCUT2D eigenvalue weighted by molar-refractivity contribution is 5.96. The van der Waals surface area contributed by atoms with Gasteiger partial charge in [0.15, 0.2) is 0 Å². The van der Waals surface area contributed by atoms with Gasteiger partial charge in [-0.05, 0) is 30.2 Å². The third kappa shape index (κ3) is 4.41. The molecule has 5 nitrogen and oxygen atoms in total. The number of aliphatic hydroxyl groups excluding tert-OH is 1. The van der Waals surface area contributed by atoms with Crippen LogP contribution in [0.25, 0.3) is 0 Å². The third-order valence-corrected chi connectivity index (χ3v) is 2.82. The van der Waals surface area contributed by atoms with Gasteiger partial charge in [-0.1, -0.05) is 11.8 Å². The lowest BCUT2D eigenvalue weighted by atomic mass is 10.1. The molecule has 1 amide bonds. The zero-order chi connectivity index (χ0) is 14.9. The highest BCUT2D eigenvalue weighted by Crippen LogP contribution is 2.05. The molecule has 0 radical (unpaired) electrons. The Bertz CT molecular complexity index is 660. The molecule has 0 atom stereocenters. The molecule has 0 aromatic carbocycles. The monoisotopic (exact) mass is 281 g/mol. The average Bonchev–Trinajstić information content (AvgIpc) is 2.54. The molecule has 0 aliphatic heterocycles. The first-order chi connectivity index (χ1) is 10.3. The van der Waals surface area contributed by atoms with E-state index in [1.807, 2.05) is 12.1 Å². The van der Waals surface area contributed by atoms with Crippen LogP contribution in [0.5, 0.6) is 0 Å². The van der Waals surface area contributed by atoms with Crippen LogP contribution in [0.4, 0.5) is 0 Å². The molecule has 106 valence electrons. The molecule has 2 N–H and O–H groups in total. The predicted octanol–water partition coefficient (Wildman–Crippen LogP) is 0.793. The molecular weight excluding hydrogens is 266 g/mol. The van der Waals surface area contributed by atoms with Crippen LogP contribution >= 0.6 is 0 Å². The summed E-state index contributed by atoms with van der Waals surface area (Å²) in [5, 5.41) is 11.6. The molecule has 2 heterocycles.